The van der Waals surface area contributed by atoms with Crippen LogP contribution in [-0.4, -0.2) is 46.6 Å². The van der Waals surface area contributed by atoms with E-state index in [9.17, 15) is 10.2 Å². The molecule has 0 saturated carbocycles. The molecule has 2 N–H and O–H groups in total. The fourth-order valence-corrected chi connectivity index (χ4v) is 4.03. The molecule has 0 spiro atoms. The van der Waals surface area contributed by atoms with E-state index in [-0.39, 0.29) is 12.3 Å². The van der Waals surface area contributed by atoms with Crippen LogP contribution in [0, 0.1) is 5.92 Å². The fraction of sp³-hybridized carbons (Fsp3) is 0.346. The van der Waals surface area contributed by atoms with Gasteiger partial charge in [0.05, 0.1) is 14.2 Å². The molecule has 1 atom stereocenters. The molecule has 1 aliphatic rings. The highest BCUT2D eigenvalue weighted by Gasteiger charge is 2.35. The van der Waals surface area contributed by atoms with Crippen LogP contribution >= 0.6 is 0 Å². The largest absolute Gasteiger partial charge is 0.494 e. The Bertz CT molecular complexity index is 1180. The minimum Gasteiger partial charge on any atom is -0.494 e. The summed E-state index contributed by atoms with van der Waals surface area (Å²) in [6.07, 6.45) is 1.79. The van der Waals surface area contributed by atoms with Gasteiger partial charge >= 0.3 is 0 Å². The smallest absolute Gasteiger partial charge is 0.216 e. The number of hydrogen-bond acceptors (Lipinski definition) is 9. The van der Waals surface area contributed by atoms with Crippen molar-refractivity contribution in [3.63, 3.8) is 0 Å². The number of nitrogens with zero attached hydrogens (tertiary/aromatic N) is 4. The highest BCUT2D eigenvalue weighted by molar-refractivity contribution is 6.02. The van der Waals surface area contributed by atoms with Crippen molar-refractivity contribution in [2.75, 3.05) is 19.1 Å². The number of para-hydroxylation sites is 1. The van der Waals surface area contributed by atoms with Gasteiger partial charge in [0.2, 0.25) is 18.1 Å². The normalized spacial score (nSPS) is 16.0. The molecule has 0 fully saturated rings. The third kappa shape index (κ3) is 5.14. The van der Waals surface area contributed by atoms with Gasteiger partial charge < -0.3 is 24.2 Å². The number of rotatable bonds is 9. The molecule has 184 valence electrons. The monoisotopic (exact) mass is 478 g/mol. The van der Waals surface area contributed by atoms with Crippen molar-refractivity contribution in [2.24, 2.45) is 10.9 Å². The lowest BCUT2D eigenvalue weighted by molar-refractivity contribution is 0.201. The number of ether oxygens (including phenoxy) is 2. The molecule has 3 aromatic rings. The number of aromatic nitrogens is 2. The van der Waals surface area contributed by atoms with E-state index in [1.54, 1.807) is 31.3 Å². The number of methoxy groups -OCH3 is 2. The first-order valence-corrected chi connectivity index (χ1v) is 11.5. The van der Waals surface area contributed by atoms with Gasteiger partial charge in [-0.15, -0.1) is 0 Å². The maximum absolute atomic E-state index is 11.6. The summed E-state index contributed by atoms with van der Waals surface area (Å²) in [5.41, 5.74) is 2.62. The first-order valence-electron chi connectivity index (χ1n) is 11.5. The molecule has 1 aliphatic heterocycles. The Morgan fingerprint density at radius 1 is 1.06 bits per heavy atom. The lowest BCUT2D eigenvalue weighted by Gasteiger charge is -2.37. The van der Waals surface area contributed by atoms with E-state index in [0.29, 0.717) is 46.8 Å². The van der Waals surface area contributed by atoms with Gasteiger partial charge in [0.1, 0.15) is 23.0 Å². The summed E-state index contributed by atoms with van der Waals surface area (Å²) in [4.78, 5) is 10.3. The molecule has 0 bridgehead atoms. The van der Waals surface area contributed by atoms with Gasteiger partial charge in [-0.05, 0) is 30.0 Å². The van der Waals surface area contributed by atoms with Crippen LogP contribution in [0.3, 0.4) is 0 Å². The quantitative estimate of drug-likeness (QED) is 0.453. The van der Waals surface area contributed by atoms with Crippen LogP contribution in [-0.2, 0) is 6.42 Å². The molecular weight excluding hydrogens is 448 g/mol. The first kappa shape index (κ1) is 24.3. The zero-order chi connectivity index (χ0) is 24.9. The van der Waals surface area contributed by atoms with Crippen molar-refractivity contribution < 1.29 is 24.2 Å². The van der Waals surface area contributed by atoms with E-state index in [2.05, 4.69) is 29.0 Å². The van der Waals surface area contributed by atoms with Gasteiger partial charge in [-0.1, -0.05) is 49.3 Å². The molecule has 0 amide bonds. The zero-order valence-electron chi connectivity index (χ0n) is 20.3. The van der Waals surface area contributed by atoms with Crippen LogP contribution in [0.2, 0.25) is 0 Å². The Balaban J connectivity index is 1.71. The summed E-state index contributed by atoms with van der Waals surface area (Å²) in [6.45, 7) is 4.24. The van der Waals surface area contributed by atoms with Crippen molar-refractivity contribution in [1.82, 2.24) is 10.1 Å². The van der Waals surface area contributed by atoms with E-state index in [1.165, 1.54) is 6.39 Å². The first-order chi connectivity index (χ1) is 16.9. The summed E-state index contributed by atoms with van der Waals surface area (Å²) in [7, 11) is 3.14. The Kier molecular flexibility index (Phi) is 7.36. The predicted octanol–water partition coefficient (Wildman–Crippen LogP) is 4.74. The second-order valence-corrected chi connectivity index (χ2v) is 8.69. The predicted molar refractivity (Wildman–Crippen MR) is 133 cm³/mol. The van der Waals surface area contributed by atoms with E-state index >= 15 is 0 Å². The summed E-state index contributed by atoms with van der Waals surface area (Å²) in [5.74, 6) is 2.34. The third-order valence-electron chi connectivity index (χ3n) is 5.91. The zero-order valence-corrected chi connectivity index (χ0v) is 20.3. The Labute approximate surface area is 204 Å². The molecule has 0 aliphatic carbocycles. The van der Waals surface area contributed by atoms with Gasteiger partial charge in [-0.3, -0.25) is 4.90 Å². The molecule has 9 nitrogen and oxygen atoms in total. The minimum atomic E-state index is -1.17. The maximum Gasteiger partial charge on any atom is 0.216 e. The van der Waals surface area contributed by atoms with Gasteiger partial charge in [0.15, 0.2) is 6.23 Å². The third-order valence-corrected chi connectivity index (χ3v) is 5.91. The Morgan fingerprint density at radius 3 is 2.31 bits per heavy atom. The Morgan fingerprint density at radius 2 is 1.74 bits per heavy atom. The second kappa shape index (κ2) is 10.6. The standard InChI is InChI=1S/C26H30N4O5/c1-16(2)8-13-22-28-25(31)19(14-17-9-11-18(12-10-17)24-27-15-35-29-24)26(32)30(22)23-20(33-3)6-5-7-21(23)34-4/h5-7,9-12,15-16,26,31-32H,8,13-14H2,1-4H3. The summed E-state index contributed by atoms with van der Waals surface area (Å²) in [5, 5.41) is 26.3. The number of benzene rings is 2. The van der Waals surface area contributed by atoms with Gasteiger partial charge in [-0.25, -0.2) is 4.99 Å². The number of hydrogen-bond donors (Lipinski definition) is 2. The van der Waals surface area contributed by atoms with Crippen molar-refractivity contribution >= 4 is 11.5 Å². The number of aliphatic imine (C=N–C) groups is 1. The SMILES string of the molecule is COc1cccc(OC)c1N1C(CCC(C)C)=NC(O)=C(Cc2ccc(-c3ncon3)cc2)C1O. The lowest BCUT2D eigenvalue weighted by Crippen LogP contribution is -2.45. The van der Waals surface area contributed by atoms with Crippen LogP contribution in [0.4, 0.5) is 5.69 Å². The summed E-state index contributed by atoms with van der Waals surface area (Å²) in [6, 6.07) is 13.0. The van der Waals surface area contributed by atoms with Gasteiger partial charge in [0, 0.05) is 24.0 Å². The maximum atomic E-state index is 11.6. The fourth-order valence-electron chi connectivity index (χ4n) is 4.03. The number of aliphatic hydroxyl groups excluding tert-OH is 2. The van der Waals surface area contributed by atoms with E-state index < -0.39 is 6.23 Å². The molecule has 0 saturated heterocycles. The van der Waals surface area contributed by atoms with Crippen LogP contribution in [0.15, 0.2) is 69.8 Å². The van der Waals surface area contributed by atoms with Gasteiger partial charge in [0.25, 0.3) is 0 Å². The Hall–Kier alpha value is -3.85. The average molecular weight is 479 g/mol. The van der Waals surface area contributed by atoms with Crippen LogP contribution < -0.4 is 14.4 Å². The molecule has 1 aromatic heterocycles. The molecule has 0 radical (unpaired) electrons. The highest BCUT2D eigenvalue weighted by atomic mass is 16.5. The van der Waals surface area contributed by atoms with Crippen LogP contribution in [0.1, 0.15) is 32.3 Å². The minimum absolute atomic E-state index is 0.177. The number of amidine groups is 1. The van der Waals surface area contributed by atoms with Crippen molar-refractivity contribution in [1.29, 1.82) is 0 Å². The van der Waals surface area contributed by atoms with E-state index in [1.807, 2.05) is 30.3 Å². The molecule has 1 unspecified atom stereocenters. The number of aliphatic hydroxyl groups is 2. The van der Waals surface area contributed by atoms with Crippen LogP contribution in [0.25, 0.3) is 11.4 Å². The van der Waals surface area contributed by atoms with Crippen molar-refractivity contribution in [3.05, 3.63) is 65.9 Å². The molecule has 4 rings (SSSR count). The summed E-state index contributed by atoms with van der Waals surface area (Å²) >= 11 is 0. The molecule has 35 heavy (non-hydrogen) atoms. The van der Waals surface area contributed by atoms with E-state index in [4.69, 9.17) is 14.0 Å². The molecule has 9 heteroatoms. The molecule has 2 aromatic carbocycles. The number of anilines is 1. The summed E-state index contributed by atoms with van der Waals surface area (Å²) < 4.78 is 16.0. The lowest BCUT2D eigenvalue weighted by atomic mass is 9.99. The van der Waals surface area contributed by atoms with Gasteiger partial charge in [-0.2, -0.15) is 4.98 Å². The highest BCUT2D eigenvalue weighted by Crippen LogP contribution is 2.42. The average Bonchev–Trinajstić information content (AvgIpc) is 3.40. The van der Waals surface area contributed by atoms with Crippen LogP contribution in [0.5, 0.6) is 11.5 Å². The van der Waals surface area contributed by atoms with E-state index in [0.717, 1.165) is 17.5 Å². The van der Waals surface area contributed by atoms with Crippen molar-refractivity contribution in [3.8, 4) is 22.9 Å². The van der Waals surface area contributed by atoms with Crippen molar-refractivity contribution in [2.45, 2.75) is 39.3 Å². The second-order valence-electron chi connectivity index (χ2n) is 8.69. The molecule has 2 heterocycles. The molecular formula is C26H30N4O5. The topological polar surface area (TPSA) is 113 Å².